The normalized spacial score (nSPS) is 11.6. The topological polar surface area (TPSA) is 150 Å². The first-order chi connectivity index (χ1) is 17.9. The van der Waals surface area contributed by atoms with E-state index >= 15 is 0 Å². The van der Waals surface area contributed by atoms with Gasteiger partial charge >= 0.3 is 0 Å². The van der Waals surface area contributed by atoms with Crippen LogP contribution < -0.4 is 4.72 Å². The van der Waals surface area contributed by atoms with Gasteiger partial charge in [0.1, 0.15) is 12.0 Å². The number of hydrogen-bond donors (Lipinski definition) is 1. The average molecular weight is 555 g/mol. The van der Waals surface area contributed by atoms with Gasteiger partial charge < -0.3 is 19.3 Å². The van der Waals surface area contributed by atoms with E-state index in [1.807, 2.05) is 39.0 Å². The number of nitrogens with one attached hydrogen (secondary N) is 1. The zero-order valence-corrected chi connectivity index (χ0v) is 23.7. The Bertz CT molecular complexity index is 1550. The van der Waals surface area contributed by atoms with Crippen molar-refractivity contribution in [2.75, 3.05) is 11.8 Å². The van der Waals surface area contributed by atoms with Gasteiger partial charge in [0.25, 0.3) is 10.0 Å². The summed E-state index contributed by atoms with van der Waals surface area (Å²) in [5.74, 6) is 1.10. The summed E-state index contributed by atoms with van der Waals surface area (Å²) in [6.45, 7) is 9.76. The van der Waals surface area contributed by atoms with E-state index in [4.69, 9.17) is 8.94 Å². The van der Waals surface area contributed by atoms with Crippen LogP contribution in [0.1, 0.15) is 44.1 Å². The first-order valence-electron chi connectivity index (χ1n) is 12.2. The van der Waals surface area contributed by atoms with E-state index in [2.05, 4.69) is 14.9 Å². The van der Waals surface area contributed by atoms with E-state index in [1.54, 1.807) is 56.3 Å². The second-order valence-electron chi connectivity index (χ2n) is 10.5. The molecule has 2 heterocycles. The van der Waals surface area contributed by atoms with Gasteiger partial charge in [0.2, 0.25) is 11.8 Å². The Morgan fingerprint density at radius 3 is 2.41 bits per heavy atom. The van der Waals surface area contributed by atoms with Gasteiger partial charge in [-0.1, -0.05) is 50.2 Å². The SMILES string of the molecule is Cc1onc(NS(=O)(=O)c2ccccc2-c2ccc(-c3ncco3)cc2CN(C)C(=O)CC(C)(C)C)c1C.O. The van der Waals surface area contributed by atoms with E-state index in [1.165, 1.54) is 6.26 Å². The van der Waals surface area contributed by atoms with Crippen LogP contribution in [0.15, 0.2) is 68.8 Å². The number of benzene rings is 2. The highest BCUT2D eigenvalue weighted by atomic mass is 32.2. The molecule has 0 saturated heterocycles. The fourth-order valence-electron chi connectivity index (χ4n) is 4.04. The molecule has 4 aromatic rings. The number of aryl methyl sites for hydroxylation is 1. The third-order valence-electron chi connectivity index (χ3n) is 6.15. The maximum Gasteiger partial charge on any atom is 0.263 e. The predicted molar refractivity (Wildman–Crippen MR) is 148 cm³/mol. The van der Waals surface area contributed by atoms with Gasteiger partial charge in [-0.15, -0.1) is 0 Å². The number of hydrogen-bond acceptors (Lipinski definition) is 7. The lowest BCUT2D eigenvalue weighted by molar-refractivity contribution is -0.132. The lowest BCUT2D eigenvalue weighted by Crippen LogP contribution is -2.29. The van der Waals surface area contributed by atoms with E-state index < -0.39 is 10.0 Å². The number of carbonyl (C=O) groups excluding carboxylic acids is 1. The van der Waals surface area contributed by atoms with Crippen LogP contribution in [0.3, 0.4) is 0 Å². The number of anilines is 1. The minimum absolute atomic E-state index is 0. The number of oxazole rings is 1. The van der Waals surface area contributed by atoms with Crippen molar-refractivity contribution in [1.82, 2.24) is 15.0 Å². The molecule has 2 aromatic heterocycles. The summed E-state index contributed by atoms with van der Waals surface area (Å²) < 4.78 is 40.2. The summed E-state index contributed by atoms with van der Waals surface area (Å²) in [5.41, 5.74) is 3.08. The van der Waals surface area contributed by atoms with E-state index in [-0.39, 0.29) is 34.1 Å². The van der Waals surface area contributed by atoms with Crippen molar-refractivity contribution in [2.45, 2.75) is 52.5 Å². The number of amides is 1. The molecule has 3 N–H and O–H groups in total. The Kier molecular flexibility index (Phi) is 8.67. The molecular weight excluding hydrogens is 520 g/mol. The maximum atomic E-state index is 13.5. The van der Waals surface area contributed by atoms with Gasteiger partial charge in [0.05, 0.1) is 11.1 Å². The minimum atomic E-state index is -4.02. The first-order valence-corrected chi connectivity index (χ1v) is 13.7. The van der Waals surface area contributed by atoms with Gasteiger partial charge in [0.15, 0.2) is 5.82 Å². The number of rotatable bonds is 8. The molecule has 0 bridgehead atoms. The Balaban J connectivity index is 0.00000420. The Hall–Kier alpha value is -3.96. The summed E-state index contributed by atoms with van der Waals surface area (Å²) in [4.78, 5) is 18.9. The van der Waals surface area contributed by atoms with E-state index in [0.29, 0.717) is 34.8 Å². The Labute approximate surface area is 228 Å². The summed E-state index contributed by atoms with van der Waals surface area (Å²) in [6, 6.07) is 12.3. The van der Waals surface area contributed by atoms with Crippen molar-refractivity contribution in [1.29, 1.82) is 0 Å². The highest BCUT2D eigenvalue weighted by Gasteiger charge is 2.25. The molecular formula is C28H34N4O6S. The molecule has 0 unspecified atom stereocenters. The van der Waals surface area contributed by atoms with Gasteiger partial charge in [-0.25, -0.2) is 13.4 Å². The smallest absolute Gasteiger partial charge is 0.263 e. The molecule has 208 valence electrons. The predicted octanol–water partition coefficient (Wildman–Crippen LogP) is 4.98. The van der Waals surface area contributed by atoms with Crippen LogP contribution in [0.4, 0.5) is 5.82 Å². The third-order valence-corrected chi connectivity index (χ3v) is 7.55. The van der Waals surface area contributed by atoms with Gasteiger partial charge in [-0.05, 0) is 48.6 Å². The fraction of sp³-hybridized carbons (Fsp3) is 0.321. The molecule has 0 atom stereocenters. The second kappa shape index (κ2) is 11.4. The molecule has 1 amide bonds. The van der Waals surface area contributed by atoms with Crippen molar-refractivity contribution < 1.29 is 27.6 Å². The maximum absolute atomic E-state index is 13.5. The number of sulfonamides is 1. The quantitative estimate of drug-likeness (QED) is 0.322. The molecule has 0 saturated carbocycles. The standard InChI is InChI=1S/C28H32N4O5S.H2O/c1-18-19(2)37-30-26(18)31-38(34,35)24-10-8-7-9-23(24)22-12-11-20(27-29-13-14-36-27)15-21(22)17-32(6)25(33)16-28(3,4)5;/h7-15H,16-17H2,1-6H3,(H,30,31);1H2. The van der Waals surface area contributed by atoms with Gasteiger partial charge in [-0.3, -0.25) is 9.52 Å². The van der Waals surface area contributed by atoms with Crippen LogP contribution in [-0.2, 0) is 21.4 Å². The molecule has 10 nitrogen and oxygen atoms in total. The molecule has 0 aliphatic heterocycles. The number of nitrogens with zero attached hydrogens (tertiary/aromatic N) is 3. The van der Waals surface area contributed by atoms with Crippen molar-refractivity contribution >= 4 is 21.7 Å². The van der Waals surface area contributed by atoms with Crippen LogP contribution >= 0.6 is 0 Å². The average Bonchev–Trinajstić information content (AvgIpc) is 3.49. The summed E-state index contributed by atoms with van der Waals surface area (Å²) >= 11 is 0. The molecule has 0 fully saturated rings. The van der Waals surface area contributed by atoms with Gasteiger partial charge in [-0.2, -0.15) is 0 Å². The number of aromatic nitrogens is 2. The van der Waals surface area contributed by atoms with Crippen LogP contribution in [0.2, 0.25) is 0 Å². The zero-order chi connectivity index (χ0) is 27.7. The number of carbonyl (C=O) groups is 1. The molecule has 39 heavy (non-hydrogen) atoms. The van der Waals surface area contributed by atoms with Crippen LogP contribution in [0, 0.1) is 19.3 Å². The second-order valence-corrected chi connectivity index (χ2v) is 12.2. The molecule has 0 aliphatic carbocycles. The van der Waals surface area contributed by atoms with Crippen molar-refractivity contribution in [3.8, 4) is 22.6 Å². The summed E-state index contributed by atoms with van der Waals surface area (Å²) in [6.07, 6.45) is 3.43. The van der Waals surface area contributed by atoms with Crippen molar-refractivity contribution in [3.63, 3.8) is 0 Å². The minimum Gasteiger partial charge on any atom is -0.445 e. The van der Waals surface area contributed by atoms with E-state index in [9.17, 15) is 13.2 Å². The lowest BCUT2D eigenvalue weighted by Gasteiger charge is -2.25. The Morgan fingerprint density at radius 1 is 1.08 bits per heavy atom. The monoisotopic (exact) mass is 554 g/mol. The largest absolute Gasteiger partial charge is 0.445 e. The van der Waals surface area contributed by atoms with Crippen molar-refractivity contribution in [3.05, 3.63) is 71.8 Å². The van der Waals surface area contributed by atoms with E-state index in [0.717, 1.165) is 11.1 Å². The molecule has 0 radical (unpaired) electrons. The molecule has 2 aromatic carbocycles. The highest BCUT2D eigenvalue weighted by Crippen LogP contribution is 2.35. The molecule has 0 spiro atoms. The highest BCUT2D eigenvalue weighted by molar-refractivity contribution is 7.92. The zero-order valence-electron chi connectivity index (χ0n) is 22.9. The molecule has 4 rings (SSSR count). The summed E-state index contributed by atoms with van der Waals surface area (Å²) in [5, 5.41) is 3.85. The van der Waals surface area contributed by atoms with Crippen LogP contribution in [0.5, 0.6) is 0 Å². The third kappa shape index (κ3) is 6.73. The van der Waals surface area contributed by atoms with Crippen LogP contribution in [0.25, 0.3) is 22.6 Å². The van der Waals surface area contributed by atoms with Crippen LogP contribution in [-0.4, -0.2) is 41.9 Å². The summed E-state index contributed by atoms with van der Waals surface area (Å²) in [7, 11) is -2.28. The van der Waals surface area contributed by atoms with Crippen molar-refractivity contribution in [2.24, 2.45) is 5.41 Å². The first kappa shape index (κ1) is 29.6. The lowest BCUT2D eigenvalue weighted by atomic mass is 9.91. The molecule has 11 heteroatoms. The van der Waals surface area contributed by atoms with Gasteiger partial charge in [0, 0.05) is 36.7 Å². The Morgan fingerprint density at radius 2 is 1.79 bits per heavy atom. The fourth-order valence-corrected chi connectivity index (χ4v) is 5.32. The molecule has 0 aliphatic rings.